The molecule has 0 unspecified atom stereocenters. The third kappa shape index (κ3) is 3.73. The van der Waals surface area contributed by atoms with Crippen LogP contribution in [0.25, 0.3) is 0 Å². The standard InChI is InChI=1S/C16H24N2O2/c1-4-18(14-7-8-14)16(19)11-17-12(2)13-5-9-15(20-3)10-6-13/h5-6,9-10,12,14,17H,4,7-8,11H2,1-3H3/t12-/m1/s1. The SMILES string of the molecule is CCN(C(=O)CN[C@H](C)c1ccc(OC)cc1)C1CC1. The van der Waals surface area contributed by atoms with E-state index in [0.29, 0.717) is 12.6 Å². The molecule has 0 saturated heterocycles. The predicted molar refractivity (Wildman–Crippen MR) is 79.8 cm³/mol. The molecule has 1 aromatic carbocycles. The van der Waals surface area contributed by atoms with Gasteiger partial charge in [0.15, 0.2) is 0 Å². The second kappa shape index (κ2) is 6.75. The maximum atomic E-state index is 12.1. The number of ether oxygens (including phenoxy) is 1. The summed E-state index contributed by atoms with van der Waals surface area (Å²) >= 11 is 0. The zero-order valence-corrected chi connectivity index (χ0v) is 12.6. The number of carbonyl (C=O) groups excluding carboxylic acids is 1. The highest BCUT2D eigenvalue weighted by Crippen LogP contribution is 2.26. The van der Waals surface area contributed by atoms with Crippen molar-refractivity contribution in [2.75, 3.05) is 20.2 Å². The van der Waals surface area contributed by atoms with E-state index in [1.807, 2.05) is 36.1 Å². The fourth-order valence-corrected chi connectivity index (χ4v) is 2.38. The van der Waals surface area contributed by atoms with Crippen LogP contribution in [0, 0.1) is 0 Å². The number of hydrogen-bond acceptors (Lipinski definition) is 3. The van der Waals surface area contributed by atoms with Gasteiger partial charge in [-0.2, -0.15) is 0 Å². The van der Waals surface area contributed by atoms with Crippen LogP contribution in [-0.4, -0.2) is 37.0 Å². The molecule has 0 spiro atoms. The number of nitrogens with one attached hydrogen (secondary N) is 1. The Kier molecular flexibility index (Phi) is 5.01. The zero-order valence-electron chi connectivity index (χ0n) is 12.6. The third-order valence-corrected chi connectivity index (χ3v) is 3.82. The molecule has 1 aromatic rings. The van der Waals surface area contributed by atoms with Crippen molar-refractivity contribution < 1.29 is 9.53 Å². The van der Waals surface area contributed by atoms with Gasteiger partial charge in [0.2, 0.25) is 5.91 Å². The number of hydrogen-bond donors (Lipinski definition) is 1. The monoisotopic (exact) mass is 276 g/mol. The Bertz CT molecular complexity index is 440. The first kappa shape index (κ1) is 14.9. The van der Waals surface area contributed by atoms with E-state index < -0.39 is 0 Å². The molecule has 1 aliphatic rings. The molecule has 1 saturated carbocycles. The van der Waals surface area contributed by atoms with Crippen molar-refractivity contribution in [3.8, 4) is 5.75 Å². The van der Waals surface area contributed by atoms with Crippen LogP contribution in [0.2, 0.25) is 0 Å². The van der Waals surface area contributed by atoms with E-state index in [1.54, 1.807) is 7.11 Å². The Balaban J connectivity index is 1.84. The Morgan fingerprint density at radius 2 is 2.05 bits per heavy atom. The summed E-state index contributed by atoms with van der Waals surface area (Å²) in [6.45, 7) is 5.32. The van der Waals surface area contributed by atoms with Crippen molar-refractivity contribution in [1.82, 2.24) is 10.2 Å². The van der Waals surface area contributed by atoms with Crippen molar-refractivity contribution in [3.05, 3.63) is 29.8 Å². The normalized spacial score (nSPS) is 15.8. The Hall–Kier alpha value is -1.55. The van der Waals surface area contributed by atoms with Crippen LogP contribution >= 0.6 is 0 Å². The largest absolute Gasteiger partial charge is 0.497 e. The number of amides is 1. The van der Waals surface area contributed by atoms with E-state index in [4.69, 9.17) is 4.74 Å². The minimum Gasteiger partial charge on any atom is -0.497 e. The molecule has 4 heteroatoms. The van der Waals surface area contributed by atoms with Crippen molar-refractivity contribution in [2.24, 2.45) is 0 Å². The lowest BCUT2D eigenvalue weighted by Gasteiger charge is -2.22. The fraction of sp³-hybridized carbons (Fsp3) is 0.562. The quantitative estimate of drug-likeness (QED) is 0.831. The number of rotatable bonds is 7. The van der Waals surface area contributed by atoms with Gasteiger partial charge in [0, 0.05) is 18.6 Å². The molecule has 2 rings (SSSR count). The average Bonchev–Trinajstić information content (AvgIpc) is 3.30. The van der Waals surface area contributed by atoms with Crippen LogP contribution in [0.1, 0.15) is 38.3 Å². The van der Waals surface area contributed by atoms with Gasteiger partial charge in [-0.1, -0.05) is 12.1 Å². The molecular formula is C16H24N2O2. The molecule has 0 bridgehead atoms. The second-order valence-corrected chi connectivity index (χ2v) is 5.29. The molecule has 1 aliphatic carbocycles. The van der Waals surface area contributed by atoms with E-state index in [1.165, 1.54) is 0 Å². The molecule has 1 amide bonds. The van der Waals surface area contributed by atoms with Gasteiger partial charge < -0.3 is 15.0 Å². The number of benzene rings is 1. The van der Waals surface area contributed by atoms with Crippen LogP contribution in [0.4, 0.5) is 0 Å². The van der Waals surface area contributed by atoms with Crippen LogP contribution in [0.3, 0.4) is 0 Å². The minimum atomic E-state index is 0.155. The predicted octanol–water partition coefficient (Wildman–Crippen LogP) is 2.36. The molecule has 1 fully saturated rings. The zero-order chi connectivity index (χ0) is 14.5. The molecule has 110 valence electrons. The van der Waals surface area contributed by atoms with Gasteiger partial charge in [-0.15, -0.1) is 0 Å². The molecule has 0 radical (unpaired) electrons. The van der Waals surface area contributed by atoms with Crippen LogP contribution in [0.5, 0.6) is 5.75 Å². The fourth-order valence-electron chi connectivity index (χ4n) is 2.38. The van der Waals surface area contributed by atoms with Crippen molar-refractivity contribution >= 4 is 5.91 Å². The molecule has 4 nitrogen and oxygen atoms in total. The van der Waals surface area contributed by atoms with Crippen LogP contribution < -0.4 is 10.1 Å². The van der Waals surface area contributed by atoms with Gasteiger partial charge in [-0.05, 0) is 44.4 Å². The molecule has 20 heavy (non-hydrogen) atoms. The summed E-state index contributed by atoms with van der Waals surface area (Å²) in [5.41, 5.74) is 1.16. The maximum Gasteiger partial charge on any atom is 0.236 e. The number of carbonyl (C=O) groups is 1. The lowest BCUT2D eigenvalue weighted by Crippen LogP contribution is -2.40. The first-order valence-electron chi connectivity index (χ1n) is 7.32. The Labute approximate surface area is 121 Å². The highest BCUT2D eigenvalue weighted by atomic mass is 16.5. The first-order chi connectivity index (χ1) is 9.65. The molecule has 0 heterocycles. The Morgan fingerprint density at radius 3 is 2.55 bits per heavy atom. The first-order valence-corrected chi connectivity index (χ1v) is 7.32. The van der Waals surface area contributed by atoms with Gasteiger partial charge in [-0.3, -0.25) is 4.79 Å². The van der Waals surface area contributed by atoms with E-state index in [9.17, 15) is 4.79 Å². The lowest BCUT2D eigenvalue weighted by molar-refractivity contribution is -0.130. The van der Waals surface area contributed by atoms with E-state index in [-0.39, 0.29) is 11.9 Å². The molecule has 1 N–H and O–H groups in total. The molecule has 0 aliphatic heterocycles. The van der Waals surface area contributed by atoms with Crippen molar-refractivity contribution in [3.63, 3.8) is 0 Å². The van der Waals surface area contributed by atoms with Crippen LogP contribution in [-0.2, 0) is 4.79 Å². The highest BCUT2D eigenvalue weighted by Gasteiger charge is 2.31. The number of likely N-dealkylation sites (N-methyl/N-ethyl adjacent to an activating group) is 1. The topological polar surface area (TPSA) is 41.6 Å². The highest BCUT2D eigenvalue weighted by molar-refractivity contribution is 5.79. The van der Waals surface area contributed by atoms with Crippen molar-refractivity contribution in [2.45, 2.75) is 38.8 Å². The summed E-state index contributed by atoms with van der Waals surface area (Å²) in [5, 5.41) is 3.30. The summed E-state index contributed by atoms with van der Waals surface area (Å²) < 4.78 is 5.15. The molecule has 0 aromatic heterocycles. The summed E-state index contributed by atoms with van der Waals surface area (Å²) in [5.74, 6) is 1.05. The lowest BCUT2D eigenvalue weighted by atomic mass is 10.1. The molecular weight excluding hydrogens is 252 g/mol. The Morgan fingerprint density at radius 1 is 1.40 bits per heavy atom. The van der Waals surface area contributed by atoms with Gasteiger partial charge >= 0.3 is 0 Å². The van der Waals surface area contributed by atoms with E-state index in [2.05, 4.69) is 12.2 Å². The molecule has 1 atom stereocenters. The van der Waals surface area contributed by atoms with Crippen LogP contribution in [0.15, 0.2) is 24.3 Å². The summed E-state index contributed by atoms with van der Waals surface area (Å²) in [6.07, 6.45) is 2.32. The number of nitrogens with zero attached hydrogens (tertiary/aromatic N) is 1. The van der Waals surface area contributed by atoms with Gasteiger partial charge in [0.05, 0.1) is 13.7 Å². The van der Waals surface area contributed by atoms with Gasteiger partial charge in [0.25, 0.3) is 0 Å². The summed E-state index contributed by atoms with van der Waals surface area (Å²) in [6, 6.07) is 8.59. The maximum absolute atomic E-state index is 12.1. The van der Waals surface area contributed by atoms with Gasteiger partial charge in [-0.25, -0.2) is 0 Å². The average molecular weight is 276 g/mol. The van der Waals surface area contributed by atoms with E-state index >= 15 is 0 Å². The third-order valence-electron chi connectivity index (χ3n) is 3.82. The summed E-state index contributed by atoms with van der Waals surface area (Å²) in [7, 11) is 1.66. The summed E-state index contributed by atoms with van der Waals surface area (Å²) in [4.78, 5) is 14.1. The van der Waals surface area contributed by atoms with E-state index in [0.717, 1.165) is 30.7 Å². The smallest absolute Gasteiger partial charge is 0.236 e. The second-order valence-electron chi connectivity index (χ2n) is 5.29. The number of methoxy groups -OCH3 is 1. The van der Waals surface area contributed by atoms with Crippen molar-refractivity contribution in [1.29, 1.82) is 0 Å². The van der Waals surface area contributed by atoms with Gasteiger partial charge in [0.1, 0.15) is 5.75 Å². The minimum absolute atomic E-state index is 0.155.